The van der Waals surface area contributed by atoms with E-state index >= 15 is 0 Å². The third-order valence-corrected chi connectivity index (χ3v) is 5.01. The minimum Gasteiger partial charge on any atom is -0.487 e. The summed E-state index contributed by atoms with van der Waals surface area (Å²) in [7, 11) is 1.41. The number of benzene rings is 1. The van der Waals surface area contributed by atoms with E-state index in [1.807, 2.05) is 45.0 Å². The summed E-state index contributed by atoms with van der Waals surface area (Å²) < 4.78 is 16.8. The fourth-order valence-electron chi connectivity index (χ4n) is 3.70. The van der Waals surface area contributed by atoms with Crippen LogP contribution in [-0.2, 0) is 14.3 Å². The molecule has 1 aromatic carbocycles. The standard InChI is InChI=1S/C20H27NO5/c1-19(2,3)26-18(23)21-11-9-20(10-12-21)13-15(17(22)24-4)14-7-5-6-8-16(14)25-20/h5-8,15H,9-13H2,1-4H3. The molecular weight excluding hydrogens is 334 g/mol. The van der Waals surface area contributed by atoms with E-state index < -0.39 is 11.2 Å². The van der Waals surface area contributed by atoms with Crippen LogP contribution in [0.1, 0.15) is 51.5 Å². The van der Waals surface area contributed by atoms with Gasteiger partial charge in [0.1, 0.15) is 17.0 Å². The number of carbonyl (C=O) groups is 2. The molecular formula is C20H27NO5. The lowest BCUT2D eigenvalue weighted by Gasteiger charge is -2.46. The maximum atomic E-state index is 12.3. The second-order valence-corrected chi connectivity index (χ2v) is 8.07. The summed E-state index contributed by atoms with van der Waals surface area (Å²) in [6.07, 6.45) is 1.59. The van der Waals surface area contributed by atoms with E-state index in [0.29, 0.717) is 32.4 Å². The molecule has 1 atom stereocenters. The van der Waals surface area contributed by atoms with Gasteiger partial charge in [-0.3, -0.25) is 4.79 Å². The summed E-state index contributed by atoms with van der Waals surface area (Å²) in [5, 5.41) is 0. The third kappa shape index (κ3) is 3.79. The molecule has 0 radical (unpaired) electrons. The summed E-state index contributed by atoms with van der Waals surface area (Å²) in [5.41, 5.74) is -0.0895. The highest BCUT2D eigenvalue weighted by Crippen LogP contribution is 2.45. The Labute approximate surface area is 154 Å². The minimum atomic E-state index is -0.511. The van der Waals surface area contributed by atoms with Crippen LogP contribution in [0.3, 0.4) is 0 Å². The van der Waals surface area contributed by atoms with Gasteiger partial charge in [0.05, 0.1) is 13.0 Å². The molecule has 2 heterocycles. The van der Waals surface area contributed by atoms with Crippen molar-refractivity contribution in [2.45, 2.75) is 57.2 Å². The molecule has 0 aliphatic carbocycles. The number of carbonyl (C=O) groups excluding carboxylic acids is 2. The van der Waals surface area contributed by atoms with Crippen LogP contribution in [0.25, 0.3) is 0 Å². The molecule has 0 saturated carbocycles. The van der Waals surface area contributed by atoms with Gasteiger partial charge in [-0.1, -0.05) is 18.2 Å². The Bertz CT molecular complexity index is 686. The van der Waals surface area contributed by atoms with Crippen molar-refractivity contribution < 1.29 is 23.8 Å². The van der Waals surface area contributed by atoms with Gasteiger partial charge >= 0.3 is 12.1 Å². The van der Waals surface area contributed by atoms with Crippen LogP contribution in [0.5, 0.6) is 5.75 Å². The molecule has 2 aliphatic heterocycles. The van der Waals surface area contributed by atoms with Crippen LogP contribution < -0.4 is 4.74 Å². The molecule has 1 amide bonds. The van der Waals surface area contributed by atoms with Crippen LogP contribution in [0.15, 0.2) is 24.3 Å². The Kier molecular flexibility index (Phi) is 4.86. The summed E-state index contributed by atoms with van der Waals surface area (Å²) in [4.78, 5) is 26.3. The van der Waals surface area contributed by atoms with Gasteiger partial charge in [-0.15, -0.1) is 0 Å². The number of likely N-dealkylation sites (tertiary alicyclic amines) is 1. The number of fused-ring (bicyclic) bond motifs is 1. The molecule has 1 aromatic rings. The average Bonchev–Trinajstić information content (AvgIpc) is 2.59. The summed E-state index contributed by atoms with van der Waals surface area (Å²) in [6.45, 7) is 6.67. The van der Waals surface area contributed by atoms with E-state index in [9.17, 15) is 9.59 Å². The fraction of sp³-hybridized carbons (Fsp3) is 0.600. The third-order valence-electron chi connectivity index (χ3n) is 5.01. The number of hydrogen-bond acceptors (Lipinski definition) is 5. The van der Waals surface area contributed by atoms with Gasteiger partial charge in [-0.25, -0.2) is 4.79 Å². The Morgan fingerprint density at radius 1 is 1.19 bits per heavy atom. The first-order valence-corrected chi connectivity index (χ1v) is 9.07. The van der Waals surface area contributed by atoms with Crippen molar-refractivity contribution in [3.8, 4) is 5.75 Å². The summed E-state index contributed by atoms with van der Waals surface area (Å²) in [6, 6.07) is 7.62. The topological polar surface area (TPSA) is 65.1 Å². The van der Waals surface area contributed by atoms with Crippen LogP contribution >= 0.6 is 0 Å². The molecule has 6 nitrogen and oxygen atoms in total. The fourth-order valence-corrected chi connectivity index (χ4v) is 3.70. The van der Waals surface area contributed by atoms with E-state index in [1.54, 1.807) is 4.90 Å². The largest absolute Gasteiger partial charge is 0.487 e. The highest BCUT2D eigenvalue weighted by molar-refractivity contribution is 5.79. The number of esters is 1. The van der Waals surface area contributed by atoms with Gasteiger partial charge in [0.2, 0.25) is 0 Å². The Hall–Kier alpha value is -2.24. The van der Waals surface area contributed by atoms with Crippen molar-refractivity contribution >= 4 is 12.1 Å². The number of amides is 1. The average molecular weight is 361 g/mol. The molecule has 0 bridgehead atoms. The zero-order chi connectivity index (χ0) is 18.9. The lowest BCUT2D eigenvalue weighted by molar-refractivity contribution is -0.145. The van der Waals surface area contributed by atoms with Gasteiger partial charge in [0.15, 0.2) is 0 Å². The number of para-hydroxylation sites is 1. The molecule has 2 aliphatic rings. The van der Waals surface area contributed by atoms with Gasteiger partial charge in [-0.05, 0) is 26.8 Å². The predicted octanol–water partition coefficient (Wildman–Crippen LogP) is 3.50. The number of ether oxygens (including phenoxy) is 3. The van der Waals surface area contributed by atoms with Crippen molar-refractivity contribution in [2.75, 3.05) is 20.2 Å². The number of hydrogen-bond donors (Lipinski definition) is 0. The van der Waals surface area contributed by atoms with Crippen molar-refractivity contribution in [2.24, 2.45) is 0 Å². The zero-order valence-electron chi connectivity index (χ0n) is 15.9. The highest BCUT2D eigenvalue weighted by Gasteiger charge is 2.46. The SMILES string of the molecule is COC(=O)C1CC2(CCN(C(=O)OC(C)(C)C)CC2)Oc2ccccc21. The molecule has 1 spiro atoms. The van der Waals surface area contributed by atoms with Gasteiger partial charge in [0, 0.05) is 37.9 Å². The van der Waals surface area contributed by atoms with Gasteiger partial charge in [0.25, 0.3) is 0 Å². The Morgan fingerprint density at radius 2 is 1.85 bits per heavy atom. The van der Waals surface area contributed by atoms with Crippen molar-refractivity contribution in [1.29, 1.82) is 0 Å². The maximum Gasteiger partial charge on any atom is 0.410 e. The van der Waals surface area contributed by atoms with Gasteiger partial charge < -0.3 is 19.1 Å². The highest BCUT2D eigenvalue weighted by atomic mass is 16.6. The van der Waals surface area contributed by atoms with E-state index in [4.69, 9.17) is 14.2 Å². The first-order valence-electron chi connectivity index (χ1n) is 9.07. The van der Waals surface area contributed by atoms with Crippen LogP contribution in [-0.4, -0.2) is 48.4 Å². The smallest absolute Gasteiger partial charge is 0.410 e. The molecule has 142 valence electrons. The molecule has 6 heteroatoms. The molecule has 1 saturated heterocycles. The molecule has 1 fully saturated rings. The lowest BCUT2D eigenvalue weighted by Crippen LogP contribution is -2.53. The first-order chi connectivity index (χ1) is 12.2. The van der Waals surface area contributed by atoms with Crippen molar-refractivity contribution in [1.82, 2.24) is 4.90 Å². The second kappa shape index (κ2) is 6.82. The quantitative estimate of drug-likeness (QED) is 0.717. The molecule has 0 aromatic heterocycles. The summed E-state index contributed by atoms with van der Waals surface area (Å²) in [5.74, 6) is 0.160. The normalized spacial score (nSPS) is 21.5. The zero-order valence-corrected chi connectivity index (χ0v) is 15.9. The van der Waals surface area contributed by atoms with E-state index in [2.05, 4.69) is 0 Å². The maximum absolute atomic E-state index is 12.3. The molecule has 1 unspecified atom stereocenters. The second-order valence-electron chi connectivity index (χ2n) is 8.07. The molecule has 26 heavy (non-hydrogen) atoms. The van der Waals surface area contributed by atoms with Crippen LogP contribution in [0.4, 0.5) is 4.79 Å². The van der Waals surface area contributed by atoms with Gasteiger partial charge in [-0.2, -0.15) is 0 Å². The van der Waals surface area contributed by atoms with Crippen LogP contribution in [0, 0.1) is 0 Å². The Morgan fingerprint density at radius 3 is 2.46 bits per heavy atom. The lowest BCUT2D eigenvalue weighted by atomic mass is 9.77. The first kappa shape index (κ1) is 18.5. The number of rotatable bonds is 1. The van der Waals surface area contributed by atoms with Crippen molar-refractivity contribution in [3.05, 3.63) is 29.8 Å². The molecule has 0 N–H and O–H groups in total. The Balaban J connectivity index is 1.74. The van der Waals surface area contributed by atoms with Crippen LogP contribution in [0.2, 0.25) is 0 Å². The predicted molar refractivity (Wildman–Crippen MR) is 96.2 cm³/mol. The number of methoxy groups -OCH3 is 1. The van der Waals surface area contributed by atoms with E-state index in [0.717, 1.165) is 11.3 Å². The van der Waals surface area contributed by atoms with E-state index in [-0.39, 0.29) is 18.0 Å². The summed E-state index contributed by atoms with van der Waals surface area (Å²) >= 11 is 0. The van der Waals surface area contributed by atoms with Crippen molar-refractivity contribution in [3.63, 3.8) is 0 Å². The number of piperidine rings is 1. The number of nitrogens with zero attached hydrogens (tertiary/aromatic N) is 1. The molecule has 3 rings (SSSR count). The minimum absolute atomic E-state index is 0.241. The monoisotopic (exact) mass is 361 g/mol. The van der Waals surface area contributed by atoms with E-state index in [1.165, 1.54) is 7.11 Å².